The zero-order chi connectivity index (χ0) is 17.8. The lowest BCUT2D eigenvalue weighted by Crippen LogP contribution is -1.79. The second kappa shape index (κ2) is 5.92. The van der Waals surface area contributed by atoms with E-state index in [2.05, 4.69) is 48.5 Å². The van der Waals surface area contributed by atoms with Gasteiger partial charge in [0.15, 0.2) is 10.0 Å². The lowest BCUT2D eigenvalue weighted by molar-refractivity contribution is 1.41. The molecule has 128 valence electrons. The predicted molar refractivity (Wildman–Crippen MR) is 117 cm³/mol. The fourth-order valence-electron chi connectivity index (χ4n) is 3.16. The van der Waals surface area contributed by atoms with Crippen LogP contribution in [-0.4, -0.2) is 15.0 Å². The van der Waals surface area contributed by atoms with E-state index in [1.165, 1.54) is 14.1 Å². The van der Waals surface area contributed by atoms with Crippen LogP contribution in [0.1, 0.15) is 0 Å². The number of hydrogen-bond donors (Lipinski definition) is 0. The summed E-state index contributed by atoms with van der Waals surface area (Å²) in [5, 5.41) is 2.97. The normalized spacial score (nSPS) is 11.7. The van der Waals surface area contributed by atoms with Crippen molar-refractivity contribution < 1.29 is 0 Å². The molecule has 6 aromatic rings. The SMILES string of the molecule is c1ccc2sc(-c3nc4c(-c5nc6ccccc6s5)cccc4s3)nc2c1. The number of thiazole rings is 3. The van der Waals surface area contributed by atoms with Crippen molar-refractivity contribution in [2.75, 3.05) is 0 Å². The topological polar surface area (TPSA) is 38.7 Å². The van der Waals surface area contributed by atoms with Gasteiger partial charge >= 0.3 is 0 Å². The Morgan fingerprint density at radius 1 is 0.481 bits per heavy atom. The molecule has 3 nitrogen and oxygen atoms in total. The molecule has 3 heterocycles. The standard InChI is InChI=1S/C21H11N3S3/c1-3-9-15-13(7-1)22-19(25-15)12-6-5-11-17-18(12)24-21(27-17)20-23-14-8-2-4-10-16(14)26-20/h1-11H. The molecular weight excluding hydrogens is 390 g/mol. The molecule has 0 aliphatic carbocycles. The Hall–Kier alpha value is -2.67. The third-order valence-corrected chi connectivity index (χ3v) is 7.69. The monoisotopic (exact) mass is 401 g/mol. The van der Waals surface area contributed by atoms with Gasteiger partial charge in [0.25, 0.3) is 0 Å². The Morgan fingerprint density at radius 3 is 1.78 bits per heavy atom. The summed E-state index contributed by atoms with van der Waals surface area (Å²) >= 11 is 5.10. The molecule has 0 spiro atoms. The number of aromatic nitrogens is 3. The van der Waals surface area contributed by atoms with Crippen molar-refractivity contribution in [1.82, 2.24) is 15.0 Å². The van der Waals surface area contributed by atoms with Gasteiger partial charge in [0.05, 0.1) is 30.6 Å². The number of rotatable bonds is 2. The van der Waals surface area contributed by atoms with Gasteiger partial charge in [-0.2, -0.15) is 0 Å². The zero-order valence-electron chi connectivity index (χ0n) is 13.9. The van der Waals surface area contributed by atoms with Gasteiger partial charge in [-0.25, -0.2) is 15.0 Å². The number of benzene rings is 3. The van der Waals surface area contributed by atoms with Crippen LogP contribution < -0.4 is 0 Å². The minimum Gasteiger partial charge on any atom is -0.236 e. The summed E-state index contributed by atoms with van der Waals surface area (Å²) in [4.78, 5) is 14.5. The number of para-hydroxylation sites is 3. The quantitative estimate of drug-likeness (QED) is 0.318. The maximum absolute atomic E-state index is 4.96. The Kier molecular flexibility index (Phi) is 3.38. The van der Waals surface area contributed by atoms with Crippen LogP contribution in [0.2, 0.25) is 0 Å². The van der Waals surface area contributed by atoms with E-state index in [4.69, 9.17) is 15.0 Å². The van der Waals surface area contributed by atoms with Gasteiger partial charge in [-0.1, -0.05) is 30.3 Å². The van der Waals surface area contributed by atoms with Crippen molar-refractivity contribution >= 4 is 64.7 Å². The molecule has 0 aliphatic rings. The summed E-state index contributed by atoms with van der Waals surface area (Å²) < 4.78 is 3.56. The molecule has 0 radical (unpaired) electrons. The van der Waals surface area contributed by atoms with Crippen LogP contribution in [0.25, 0.3) is 51.2 Å². The molecule has 0 saturated carbocycles. The van der Waals surface area contributed by atoms with Crippen LogP contribution in [0.4, 0.5) is 0 Å². The van der Waals surface area contributed by atoms with Gasteiger partial charge in [0, 0.05) is 5.56 Å². The largest absolute Gasteiger partial charge is 0.236 e. The van der Waals surface area contributed by atoms with Gasteiger partial charge in [0.2, 0.25) is 0 Å². The van der Waals surface area contributed by atoms with Crippen LogP contribution in [0.3, 0.4) is 0 Å². The highest BCUT2D eigenvalue weighted by Gasteiger charge is 2.16. The molecule has 0 unspecified atom stereocenters. The van der Waals surface area contributed by atoms with Crippen molar-refractivity contribution in [2.24, 2.45) is 0 Å². The maximum Gasteiger partial charge on any atom is 0.153 e. The zero-order valence-corrected chi connectivity index (χ0v) is 16.4. The van der Waals surface area contributed by atoms with Crippen molar-refractivity contribution in [3.05, 3.63) is 66.7 Å². The van der Waals surface area contributed by atoms with Crippen molar-refractivity contribution in [3.63, 3.8) is 0 Å². The van der Waals surface area contributed by atoms with E-state index in [1.807, 2.05) is 18.2 Å². The van der Waals surface area contributed by atoms with E-state index in [1.54, 1.807) is 34.0 Å². The van der Waals surface area contributed by atoms with E-state index >= 15 is 0 Å². The molecule has 3 aromatic carbocycles. The van der Waals surface area contributed by atoms with Crippen molar-refractivity contribution in [3.8, 4) is 20.6 Å². The first-order valence-electron chi connectivity index (χ1n) is 8.47. The molecule has 0 atom stereocenters. The lowest BCUT2D eigenvalue weighted by Gasteiger charge is -1.96. The highest BCUT2D eigenvalue weighted by molar-refractivity contribution is 7.27. The minimum absolute atomic E-state index is 0.972. The fraction of sp³-hybridized carbons (Fsp3) is 0. The van der Waals surface area contributed by atoms with Gasteiger partial charge in [-0.05, 0) is 36.4 Å². The summed E-state index contributed by atoms with van der Waals surface area (Å²) in [5.74, 6) is 0. The second-order valence-electron chi connectivity index (χ2n) is 6.14. The molecule has 27 heavy (non-hydrogen) atoms. The molecule has 0 saturated heterocycles. The molecule has 0 N–H and O–H groups in total. The van der Waals surface area contributed by atoms with Crippen molar-refractivity contribution in [1.29, 1.82) is 0 Å². The Balaban J connectivity index is 1.55. The summed E-state index contributed by atoms with van der Waals surface area (Å²) in [7, 11) is 0. The molecule has 3 aromatic heterocycles. The molecule has 6 rings (SSSR count). The van der Waals surface area contributed by atoms with Crippen LogP contribution >= 0.6 is 34.0 Å². The van der Waals surface area contributed by atoms with E-state index in [-0.39, 0.29) is 0 Å². The third kappa shape index (κ3) is 2.49. The minimum atomic E-state index is 0.972. The summed E-state index contributed by atoms with van der Waals surface area (Å²) in [6.45, 7) is 0. The second-order valence-corrected chi connectivity index (χ2v) is 9.24. The van der Waals surface area contributed by atoms with Crippen LogP contribution in [0, 0.1) is 0 Å². The summed E-state index contributed by atoms with van der Waals surface area (Å²) in [6.07, 6.45) is 0. The van der Waals surface area contributed by atoms with Crippen LogP contribution in [-0.2, 0) is 0 Å². The average molecular weight is 402 g/mol. The lowest BCUT2D eigenvalue weighted by atomic mass is 10.2. The predicted octanol–water partition coefficient (Wildman–Crippen LogP) is 6.85. The van der Waals surface area contributed by atoms with E-state index in [9.17, 15) is 0 Å². The first kappa shape index (κ1) is 15.4. The van der Waals surface area contributed by atoms with Gasteiger partial charge in [0.1, 0.15) is 5.01 Å². The molecule has 0 fully saturated rings. The number of nitrogens with zero attached hydrogens (tertiary/aromatic N) is 3. The molecule has 6 heteroatoms. The summed E-state index contributed by atoms with van der Waals surface area (Å²) in [5.41, 5.74) is 4.17. The maximum atomic E-state index is 4.96. The first-order valence-corrected chi connectivity index (χ1v) is 10.9. The van der Waals surface area contributed by atoms with Gasteiger partial charge in [-0.3, -0.25) is 0 Å². The Morgan fingerprint density at radius 2 is 1.04 bits per heavy atom. The molecule has 0 aliphatic heterocycles. The third-order valence-electron chi connectivity index (χ3n) is 4.42. The molecule has 0 amide bonds. The fourth-order valence-corrected chi connectivity index (χ4v) is 6.13. The average Bonchev–Trinajstić information content (AvgIpc) is 3.41. The summed E-state index contributed by atoms with van der Waals surface area (Å²) in [6, 6.07) is 22.8. The van der Waals surface area contributed by atoms with Crippen LogP contribution in [0.15, 0.2) is 66.7 Å². The van der Waals surface area contributed by atoms with Gasteiger partial charge < -0.3 is 0 Å². The first-order chi connectivity index (χ1) is 13.3. The molecular formula is C21H11N3S3. The number of fused-ring (bicyclic) bond motifs is 3. The highest BCUT2D eigenvalue weighted by Crippen LogP contribution is 2.40. The van der Waals surface area contributed by atoms with Crippen molar-refractivity contribution in [2.45, 2.75) is 0 Å². The molecule has 0 bridgehead atoms. The Bertz CT molecular complexity index is 1380. The smallest absolute Gasteiger partial charge is 0.153 e. The highest BCUT2D eigenvalue weighted by atomic mass is 32.1. The van der Waals surface area contributed by atoms with Crippen LogP contribution in [0.5, 0.6) is 0 Å². The van der Waals surface area contributed by atoms with Gasteiger partial charge in [-0.15, -0.1) is 34.0 Å². The number of hydrogen-bond acceptors (Lipinski definition) is 6. The van der Waals surface area contributed by atoms with E-state index in [0.29, 0.717) is 0 Å². The van der Waals surface area contributed by atoms with E-state index in [0.717, 1.165) is 37.1 Å². The Labute approximate surface area is 166 Å². The van der Waals surface area contributed by atoms with E-state index < -0.39 is 0 Å².